The van der Waals surface area contributed by atoms with Crippen LogP contribution >= 0.6 is 0 Å². The number of hydrogen-bond donors (Lipinski definition) is 2. The van der Waals surface area contributed by atoms with Gasteiger partial charge in [0.1, 0.15) is 0 Å². The van der Waals surface area contributed by atoms with Gasteiger partial charge in [-0.25, -0.2) is 0 Å². The molecule has 2 aliphatic heterocycles. The highest BCUT2D eigenvalue weighted by atomic mass is 16.5. The molecule has 2 heterocycles. The maximum atomic E-state index is 12.1. The van der Waals surface area contributed by atoms with Gasteiger partial charge in [-0.3, -0.25) is 9.69 Å². The van der Waals surface area contributed by atoms with Gasteiger partial charge in [0, 0.05) is 39.3 Å². The molecule has 2 N–H and O–H groups in total. The first-order valence-corrected chi connectivity index (χ1v) is 8.77. The van der Waals surface area contributed by atoms with Gasteiger partial charge in [-0.05, 0) is 11.1 Å². The van der Waals surface area contributed by atoms with Crippen molar-refractivity contribution < 1.29 is 14.3 Å². The highest BCUT2D eigenvalue weighted by Crippen LogP contribution is 2.13. The summed E-state index contributed by atoms with van der Waals surface area (Å²) >= 11 is 0. The average molecular weight is 333 g/mol. The zero-order chi connectivity index (χ0) is 16.6. The number of nitrogens with one attached hydrogen (secondary N) is 2. The zero-order valence-corrected chi connectivity index (χ0v) is 14.1. The van der Waals surface area contributed by atoms with E-state index in [9.17, 15) is 4.79 Å². The van der Waals surface area contributed by atoms with Crippen molar-refractivity contribution in [3.05, 3.63) is 35.4 Å². The van der Waals surface area contributed by atoms with Crippen LogP contribution in [0, 0.1) is 0 Å². The van der Waals surface area contributed by atoms with Crippen molar-refractivity contribution in [1.29, 1.82) is 0 Å². The van der Waals surface area contributed by atoms with Crippen molar-refractivity contribution >= 4 is 5.91 Å². The maximum absolute atomic E-state index is 12.1. The van der Waals surface area contributed by atoms with Crippen molar-refractivity contribution in [3.63, 3.8) is 0 Å². The highest BCUT2D eigenvalue weighted by molar-refractivity contribution is 5.76. The van der Waals surface area contributed by atoms with Gasteiger partial charge in [-0.15, -0.1) is 0 Å². The van der Waals surface area contributed by atoms with E-state index in [1.54, 1.807) is 0 Å². The fraction of sp³-hybridized carbons (Fsp3) is 0.611. The lowest BCUT2D eigenvalue weighted by Gasteiger charge is -2.27. The second-order valence-corrected chi connectivity index (χ2v) is 6.34. The minimum absolute atomic E-state index is 0.0117. The van der Waals surface area contributed by atoms with Crippen LogP contribution in [-0.2, 0) is 27.4 Å². The SMILES string of the molecule is O=C(CC1CNCCO1)NCc1ccccc1CN1CCOCC1. The molecule has 1 aromatic rings. The Morgan fingerprint density at radius 3 is 2.75 bits per heavy atom. The monoisotopic (exact) mass is 333 g/mol. The molecule has 6 nitrogen and oxygen atoms in total. The van der Waals surface area contributed by atoms with Gasteiger partial charge in [0.2, 0.25) is 5.91 Å². The number of ether oxygens (including phenoxy) is 2. The van der Waals surface area contributed by atoms with E-state index >= 15 is 0 Å². The summed E-state index contributed by atoms with van der Waals surface area (Å²) in [6.45, 7) is 7.31. The predicted octanol–water partition coefficient (Wildman–Crippen LogP) is 0.514. The lowest BCUT2D eigenvalue weighted by Crippen LogP contribution is -2.41. The first kappa shape index (κ1) is 17.4. The number of morpholine rings is 2. The molecule has 0 aromatic heterocycles. The van der Waals surface area contributed by atoms with Gasteiger partial charge in [-0.2, -0.15) is 0 Å². The fourth-order valence-corrected chi connectivity index (χ4v) is 3.11. The molecule has 2 aliphatic rings. The Kier molecular flexibility index (Phi) is 6.60. The van der Waals surface area contributed by atoms with E-state index in [-0.39, 0.29) is 12.0 Å². The lowest BCUT2D eigenvalue weighted by atomic mass is 10.1. The molecular formula is C18H27N3O3. The molecule has 1 atom stereocenters. The third kappa shape index (κ3) is 5.27. The molecule has 3 rings (SSSR count). The average Bonchev–Trinajstić information content (AvgIpc) is 2.63. The van der Waals surface area contributed by atoms with Crippen LogP contribution in [0.25, 0.3) is 0 Å². The highest BCUT2D eigenvalue weighted by Gasteiger charge is 2.17. The molecule has 0 bridgehead atoms. The molecule has 0 saturated carbocycles. The molecular weight excluding hydrogens is 306 g/mol. The molecule has 1 amide bonds. The Bertz CT molecular complexity index is 526. The number of benzene rings is 1. The Morgan fingerprint density at radius 1 is 1.21 bits per heavy atom. The Hall–Kier alpha value is -1.47. The van der Waals surface area contributed by atoms with E-state index in [1.807, 2.05) is 6.07 Å². The molecule has 132 valence electrons. The van der Waals surface area contributed by atoms with Gasteiger partial charge < -0.3 is 20.1 Å². The van der Waals surface area contributed by atoms with Crippen LogP contribution in [0.15, 0.2) is 24.3 Å². The third-order valence-electron chi connectivity index (χ3n) is 4.51. The molecule has 0 spiro atoms. The van der Waals surface area contributed by atoms with E-state index < -0.39 is 0 Å². The predicted molar refractivity (Wildman–Crippen MR) is 91.6 cm³/mol. The van der Waals surface area contributed by atoms with E-state index in [0.717, 1.165) is 45.9 Å². The fourth-order valence-electron chi connectivity index (χ4n) is 3.11. The summed E-state index contributed by atoms with van der Waals surface area (Å²) in [7, 11) is 0. The number of rotatable bonds is 6. The second kappa shape index (κ2) is 9.13. The summed E-state index contributed by atoms with van der Waals surface area (Å²) in [6, 6.07) is 8.32. The van der Waals surface area contributed by atoms with Crippen LogP contribution in [0.4, 0.5) is 0 Å². The van der Waals surface area contributed by atoms with Crippen molar-refractivity contribution in [2.45, 2.75) is 25.6 Å². The minimum Gasteiger partial charge on any atom is -0.379 e. The molecule has 24 heavy (non-hydrogen) atoms. The van der Waals surface area contributed by atoms with Crippen LogP contribution in [0.5, 0.6) is 0 Å². The van der Waals surface area contributed by atoms with Crippen LogP contribution in [0.3, 0.4) is 0 Å². The van der Waals surface area contributed by atoms with E-state index in [4.69, 9.17) is 9.47 Å². The number of hydrogen-bond acceptors (Lipinski definition) is 5. The molecule has 6 heteroatoms. The summed E-state index contributed by atoms with van der Waals surface area (Å²) in [5.41, 5.74) is 2.45. The standard InChI is InChI=1S/C18H27N3O3/c22-18(11-17-13-19-5-8-24-17)20-12-15-3-1-2-4-16(15)14-21-6-9-23-10-7-21/h1-4,17,19H,5-14H2,(H,20,22). The molecule has 0 aliphatic carbocycles. The number of amides is 1. The van der Waals surface area contributed by atoms with Crippen molar-refractivity contribution in [1.82, 2.24) is 15.5 Å². The van der Waals surface area contributed by atoms with Crippen LogP contribution in [0.2, 0.25) is 0 Å². The first-order chi connectivity index (χ1) is 11.8. The molecule has 1 aromatic carbocycles. The van der Waals surface area contributed by atoms with Gasteiger partial charge in [0.05, 0.1) is 32.3 Å². The van der Waals surface area contributed by atoms with Gasteiger partial charge in [-0.1, -0.05) is 24.3 Å². The molecule has 2 saturated heterocycles. The second-order valence-electron chi connectivity index (χ2n) is 6.34. The first-order valence-electron chi connectivity index (χ1n) is 8.77. The lowest BCUT2D eigenvalue weighted by molar-refractivity contribution is -0.124. The summed E-state index contributed by atoms with van der Waals surface area (Å²) in [6.07, 6.45) is 0.404. The smallest absolute Gasteiger partial charge is 0.222 e. The maximum Gasteiger partial charge on any atom is 0.222 e. The summed E-state index contributed by atoms with van der Waals surface area (Å²) in [4.78, 5) is 14.5. The van der Waals surface area contributed by atoms with E-state index in [2.05, 4.69) is 33.7 Å². The van der Waals surface area contributed by atoms with Crippen LogP contribution < -0.4 is 10.6 Å². The topological polar surface area (TPSA) is 62.8 Å². The third-order valence-corrected chi connectivity index (χ3v) is 4.51. The summed E-state index contributed by atoms with van der Waals surface area (Å²) in [5.74, 6) is 0.0462. The quantitative estimate of drug-likeness (QED) is 0.794. The Balaban J connectivity index is 1.49. The van der Waals surface area contributed by atoms with Crippen LogP contribution in [-0.4, -0.2) is 62.9 Å². The van der Waals surface area contributed by atoms with E-state index in [1.165, 1.54) is 11.1 Å². The normalized spacial score (nSPS) is 22.2. The number of carbonyl (C=O) groups is 1. The van der Waals surface area contributed by atoms with Crippen molar-refractivity contribution in [3.8, 4) is 0 Å². The molecule has 1 unspecified atom stereocenters. The molecule has 2 fully saturated rings. The van der Waals surface area contributed by atoms with Crippen molar-refractivity contribution in [2.24, 2.45) is 0 Å². The van der Waals surface area contributed by atoms with Crippen molar-refractivity contribution in [2.75, 3.05) is 46.0 Å². The van der Waals surface area contributed by atoms with Crippen LogP contribution in [0.1, 0.15) is 17.5 Å². The van der Waals surface area contributed by atoms with Gasteiger partial charge >= 0.3 is 0 Å². The Morgan fingerprint density at radius 2 is 2.00 bits per heavy atom. The minimum atomic E-state index is -0.0117. The molecule has 0 radical (unpaired) electrons. The van der Waals surface area contributed by atoms with Gasteiger partial charge in [0.25, 0.3) is 0 Å². The van der Waals surface area contributed by atoms with E-state index in [0.29, 0.717) is 19.6 Å². The largest absolute Gasteiger partial charge is 0.379 e. The van der Waals surface area contributed by atoms with Gasteiger partial charge in [0.15, 0.2) is 0 Å². The summed E-state index contributed by atoms with van der Waals surface area (Å²) in [5, 5.41) is 6.28. The Labute approximate surface area is 143 Å². The number of carbonyl (C=O) groups excluding carboxylic acids is 1. The zero-order valence-electron chi connectivity index (χ0n) is 14.1. The number of nitrogens with zero attached hydrogens (tertiary/aromatic N) is 1. The summed E-state index contributed by atoms with van der Waals surface area (Å²) < 4.78 is 11.0.